The van der Waals surface area contributed by atoms with Crippen LogP contribution in [0.5, 0.6) is 0 Å². The fraction of sp³-hybridized carbons (Fsp3) is 0.571. The summed E-state index contributed by atoms with van der Waals surface area (Å²) in [6.45, 7) is 1.78. The number of piperazine rings is 1. The maximum absolute atomic E-state index is 12.0. The van der Waals surface area contributed by atoms with Crippen molar-refractivity contribution in [2.45, 2.75) is 18.6 Å². The van der Waals surface area contributed by atoms with Crippen molar-refractivity contribution < 1.29 is 13.2 Å². The minimum Gasteiger partial charge on any atom is -0.335 e. The molecule has 2 fully saturated rings. The topological polar surface area (TPSA) is 96.6 Å². The van der Waals surface area contributed by atoms with Crippen LogP contribution in [-0.4, -0.2) is 72.3 Å². The first kappa shape index (κ1) is 21.1. The molecule has 7 nitrogen and oxygen atoms in total. The maximum atomic E-state index is 12.0. The minimum atomic E-state index is -3.12. The molecule has 2 atom stereocenters. The van der Waals surface area contributed by atoms with Gasteiger partial charge < -0.3 is 10.6 Å². The van der Waals surface area contributed by atoms with E-state index in [0.717, 1.165) is 5.56 Å². The fourth-order valence-electron chi connectivity index (χ4n) is 3.37. The number of aromatic nitrogens is 1. The van der Waals surface area contributed by atoms with Crippen LogP contribution in [0.4, 0.5) is 0 Å². The molecule has 1 aromatic heterocycles. The highest BCUT2D eigenvalue weighted by Gasteiger charge is 2.47. The van der Waals surface area contributed by atoms with Crippen molar-refractivity contribution in [1.82, 2.24) is 14.8 Å². The Labute approximate surface area is 154 Å². The molecule has 2 aliphatic heterocycles. The first-order valence-corrected chi connectivity index (χ1v) is 9.15. The van der Waals surface area contributed by atoms with Gasteiger partial charge in [-0.2, -0.15) is 0 Å². The van der Waals surface area contributed by atoms with Gasteiger partial charge in [0.25, 0.3) is 0 Å². The Morgan fingerprint density at radius 1 is 1.17 bits per heavy atom. The van der Waals surface area contributed by atoms with Crippen LogP contribution in [0.15, 0.2) is 24.5 Å². The van der Waals surface area contributed by atoms with Gasteiger partial charge in [0.2, 0.25) is 5.91 Å². The van der Waals surface area contributed by atoms with Gasteiger partial charge in [0.1, 0.15) is 0 Å². The second-order valence-electron chi connectivity index (χ2n) is 5.83. The highest BCUT2D eigenvalue weighted by atomic mass is 35.5. The zero-order valence-corrected chi connectivity index (χ0v) is 15.5. The lowest BCUT2D eigenvalue weighted by atomic mass is 10.0. The van der Waals surface area contributed by atoms with Gasteiger partial charge in [0.15, 0.2) is 9.84 Å². The van der Waals surface area contributed by atoms with Gasteiger partial charge in [0.05, 0.1) is 24.1 Å². The first-order chi connectivity index (χ1) is 10.5. The molecular formula is C14H22Cl2N4O3S. The molecule has 10 heteroatoms. The SMILES string of the molecule is Cl.Cl.NCC(=O)N1CCN(Cc2ccncc2)[C@@H]2CS(=O)(=O)C[C@@H]21. The predicted molar refractivity (Wildman–Crippen MR) is 96.1 cm³/mol. The van der Waals surface area contributed by atoms with E-state index in [-0.39, 0.29) is 60.9 Å². The van der Waals surface area contributed by atoms with Gasteiger partial charge in [-0.1, -0.05) is 0 Å². The van der Waals surface area contributed by atoms with Gasteiger partial charge in [-0.25, -0.2) is 8.42 Å². The number of fused-ring (bicyclic) bond motifs is 1. The van der Waals surface area contributed by atoms with Crippen molar-refractivity contribution in [3.63, 3.8) is 0 Å². The van der Waals surface area contributed by atoms with Crippen molar-refractivity contribution in [2.75, 3.05) is 31.1 Å². The van der Waals surface area contributed by atoms with Gasteiger partial charge >= 0.3 is 0 Å². The quantitative estimate of drug-likeness (QED) is 0.752. The van der Waals surface area contributed by atoms with Crippen molar-refractivity contribution in [1.29, 1.82) is 0 Å². The molecule has 2 saturated heterocycles. The molecule has 0 aromatic carbocycles. The fourth-order valence-corrected chi connectivity index (χ4v) is 5.38. The highest BCUT2D eigenvalue weighted by Crippen LogP contribution is 2.28. The Balaban J connectivity index is 0.00000144. The summed E-state index contributed by atoms with van der Waals surface area (Å²) in [4.78, 5) is 19.8. The molecule has 0 radical (unpaired) electrons. The number of rotatable bonds is 3. The minimum absolute atomic E-state index is 0. The second kappa shape index (κ2) is 8.44. The summed E-state index contributed by atoms with van der Waals surface area (Å²) in [6.07, 6.45) is 3.46. The van der Waals surface area contributed by atoms with Crippen LogP contribution in [0.3, 0.4) is 0 Å². The van der Waals surface area contributed by atoms with Crippen molar-refractivity contribution >= 4 is 40.6 Å². The Hall–Kier alpha value is -0.930. The van der Waals surface area contributed by atoms with Gasteiger partial charge in [-0.15, -0.1) is 24.8 Å². The van der Waals surface area contributed by atoms with E-state index in [1.165, 1.54) is 0 Å². The van der Waals surface area contributed by atoms with Crippen LogP contribution < -0.4 is 5.73 Å². The Morgan fingerprint density at radius 2 is 1.79 bits per heavy atom. The van der Waals surface area contributed by atoms with E-state index in [1.54, 1.807) is 17.3 Å². The Kier molecular flexibility index (Phi) is 7.43. The van der Waals surface area contributed by atoms with Crippen LogP contribution in [0, 0.1) is 0 Å². The lowest BCUT2D eigenvalue weighted by molar-refractivity contribution is -0.135. The van der Waals surface area contributed by atoms with Crippen LogP contribution in [-0.2, 0) is 21.2 Å². The van der Waals surface area contributed by atoms with E-state index < -0.39 is 9.84 Å². The molecule has 3 heterocycles. The van der Waals surface area contributed by atoms with Crippen LogP contribution in [0.1, 0.15) is 5.56 Å². The number of sulfone groups is 1. The van der Waals surface area contributed by atoms with Gasteiger partial charge in [-0.05, 0) is 17.7 Å². The van der Waals surface area contributed by atoms with Gasteiger partial charge in [0, 0.05) is 38.1 Å². The molecule has 0 saturated carbocycles. The van der Waals surface area contributed by atoms with Crippen LogP contribution in [0.25, 0.3) is 0 Å². The summed E-state index contributed by atoms with van der Waals surface area (Å²) in [7, 11) is -3.12. The summed E-state index contributed by atoms with van der Waals surface area (Å²) in [6, 6.07) is 3.42. The second-order valence-corrected chi connectivity index (χ2v) is 7.98. The third kappa shape index (κ3) is 4.37. The number of carbonyl (C=O) groups is 1. The summed E-state index contributed by atoms with van der Waals surface area (Å²) < 4.78 is 24.1. The molecule has 2 N–H and O–H groups in total. The summed E-state index contributed by atoms with van der Waals surface area (Å²) in [5.74, 6) is -0.0245. The third-order valence-electron chi connectivity index (χ3n) is 4.42. The number of nitrogens with zero attached hydrogens (tertiary/aromatic N) is 3. The molecule has 0 aliphatic carbocycles. The van der Waals surface area contributed by atoms with E-state index in [4.69, 9.17) is 5.73 Å². The Bertz CT molecular complexity index is 659. The smallest absolute Gasteiger partial charge is 0.236 e. The van der Waals surface area contributed by atoms with Crippen molar-refractivity contribution in [3.8, 4) is 0 Å². The number of nitrogens with two attached hydrogens (primary N) is 1. The zero-order valence-electron chi connectivity index (χ0n) is 13.1. The van der Waals surface area contributed by atoms with Crippen molar-refractivity contribution in [2.24, 2.45) is 5.73 Å². The number of hydrogen-bond acceptors (Lipinski definition) is 6. The van der Waals surface area contributed by atoms with E-state index in [1.807, 2.05) is 12.1 Å². The maximum Gasteiger partial charge on any atom is 0.236 e. The predicted octanol–water partition coefficient (Wildman–Crippen LogP) is -0.306. The van der Waals surface area contributed by atoms with E-state index >= 15 is 0 Å². The first-order valence-electron chi connectivity index (χ1n) is 7.33. The lowest BCUT2D eigenvalue weighted by Crippen LogP contribution is -2.61. The molecule has 0 spiro atoms. The number of pyridine rings is 1. The van der Waals surface area contributed by atoms with Gasteiger partial charge in [-0.3, -0.25) is 14.7 Å². The molecular weight excluding hydrogens is 375 g/mol. The normalized spacial score (nSPS) is 25.3. The number of carbonyl (C=O) groups excluding carboxylic acids is 1. The Morgan fingerprint density at radius 3 is 2.42 bits per heavy atom. The summed E-state index contributed by atoms with van der Waals surface area (Å²) in [5, 5.41) is 0. The lowest BCUT2D eigenvalue weighted by Gasteiger charge is -2.43. The highest BCUT2D eigenvalue weighted by molar-refractivity contribution is 7.91. The number of halogens is 2. The molecule has 2 aliphatic rings. The zero-order chi connectivity index (χ0) is 15.7. The number of amides is 1. The molecule has 0 unspecified atom stereocenters. The third-order valence-corrected chi connectivity index (χ3v) is 6.12. The van der Waals surface area contributed by atoms with E-state index in [0.29, 0.717) is 19.6 Å². The summed E-state index contributed by atoms with van der Waals surface area (Å²) in [5.41, 5.74) is 6.54. The van der Waals surface area contributed by atoms with E-state index in [2.05, 4.69) is 9.88 Å². The largest absolute Gasteiger partial charge is 0.335 e. The molecule has 0 bridgehead atoms. The number of hydrogen-bond donors (Lipinski definition) is 1. The van der Waals surface area contributed by atoms with Crippen LogP contribution >= 0.6 is 24.8 Å². The van der Waals surface area contributed by atoms with Crippen molar-refractivity contribution in [3.05, 3.63) is 30.1 Å². The standard InChI is InChI=1S/C14H20N4O3S.2ClH/c15-7-14(19)18-6-5-17(8-11-1-3-16-4-2-11)12-9-22(20,21)10-13(12)18;;/h1-4,12-13H,5-10,15H2;2*1H/t12-,13+;;/m1../s1. The average Bonchev–Trinajstić information content (AvgIpc) is 2.83. The molecule has 1 aromatic rings. The molecule has 24 heavy (non-hydrogen) atoms. The summed E-state index contributed by atoms with van der Waals surface area (Å²) >= 11 is 0. The molecule has 3 rings (SSSR count). The van der Waals surface area contributed by atoms with E-state index in [9.17, 15) is 13.2 Å². The monoisotopic (exact) mass is 396 g/mol. The molecule has 136 valence electrons. The molecule has 1 amide bonds. The van der Waals surface area contributed by atoms with Crippen LogP contribution in [0.2, 0.25) is 0 Å². The average molecular weight is 397 g/mol.